The van der Waals surface area contributed by atoms with Gasteiger partial charge in [-0.2, -0.15) is 0 Å². The van der Waals surface area contributed by atoms with Gasteiger partial charge in [-0.15, -0.1) is 0 Å². The molecular formula is C24H25NO5S2. The van der Waals surface area contributed by atoms with Crippen LogP contribution < -0.4 is 9.47 Å². The summed E-state index contributed by atoms with van der Waals surface area (Å²) in [5.74, 6) is 0.433. The first kappa shape index (κ1) is 23.8. The molecule has 1 N–H and O–H groups in total. The van der Waals surface area contributed by atoms with Crippen molar-refractivity contribution in [1.82, 2.24) is 4.90 Å². The lowest BCUT2D eigenvalue weighted by atomic mass is 10.1. The first-order chi connectivity index (χ1) is 15.3. The van der Waals surface area contributed by atoms with Crippen LogP contribution in [-0.2, 0) is 16.2 Å². The maximum atomic E-state index is 12.7. The van der Waals surface area contributed by atoms with Crippen LogP contribution in [0, 0.1) is 13.8 Å². The predicted molar refractivity (Wildman–Crippen MR) is 130 cm³/mol. The third-order valence-corrected chi connectivity index (χ3v) is 6.56. The molecule has 1 aliphatic heterocycles. The zero-order valence-corrected chi connectivity index (χ0v) is 19.8. The van der Waals surface area contributed by atoms with Crippen LogP contribution in [0.3, 0.4) is 0 Å². The van der Waals surface area contributed by atoms with E-state index in [1.807, 2.05) is 50.2 Å². The average Bonchev–Trinajstić information content (AvgIpc) is 3.02. The minimum absolute atomic E-state index is 0.00163. The Morgan fingerprint density at radius 3 is 2.72 bits per heavy atom. The number of benzene rings is 2. The zero-order chi connectivity index (χ0) is 23.3. The summed E-state index contributed by atoms with van der Waals surface area (Å²) in [5.41, 5.74) is 3.94. The van der Waals surface area contributed by atoms with E-state index in [0.717, 1.165) is 28.0 Å². The molecule has 2 aromatic carbocycles. The van der Waals surface area contributed by atoms with Gasteiger partial charge in [0, 0.05) is 18.5 Å². The minimum Gasteiger partial charge on any atom is -0.496 e. The van der Waals surface area contributed by atoms with Crippen LogP contribution in [0.4, 0.5) is 0 Å². The molecule has 8 heteroatoms. The van der Waals surface area contributed by atoms with Gasteiger partial charge < -0.3 is 14.6 Å². The van der Waals surface area contributed by atoms with Gasteiger partial charge in [0.1, 0.15) is 22.4 Å². The van der Waals surface area contributed by atoms with Crippen molar-refractivity contribution in [2.75, 3.05) is 13.7 Å². The molecule has 1 saturated heterocycles. The highest BCUT2D eigenvalue weighted by molar-refractivity contribution is 8.26. The summed E-state index contributed by atoms with van der Waals surface area (Å²) in [4.78, 5) is 25.4. The monoisotopic (exact) mass is 471 g/mol. The van der Waals surface area contributed by atoms with Crippen molar-refractivity contribution in [2.45, 2.75) is 33.3 Å². The van der Waals surface area contributed by atoms with E-state index >= 15 is 0 Å². The Kier molecular flexibility index (Phi) is 7.93. The smallest absolute Gasteiger partial charge is 0.303 e. The van der Waals surface area contributed by atoms with Crippen LogP contribution >= 0.6 is 24.0 Å². The maximum Gasteiger partial charge on any atom is 0.303 e. The van der Waals surface area contributed by atoms with Crippen molar-refractivity contribution in [3.63, 3.8) is 0 Å². The molecule has 168 valence electrons. The van der Waals surface area contributed by atoms with Gasteiger partial charge in [-0.25, -0.2) is 0 Å². The summed E-state index contributed by atoms with van der Waals surface area (Å²) < 4.78 is 12.0. The van der Waals surface area contributed by atoms with E-state index in [4.69, 9.17) is 26.8 Å². The average molecular weight is 472 g/mol. The quantitative estimate of drug-likeness (QED) is 0.409. The number of aryl methyl sites for hydroxylation is 1. The summed E-state index contributed by atoms with van der Waals surface area (Å²) in [6.45, 7) is 4.69. The standard InChI is InChI=1S/C24H25NO5S2/c1-15-6-4-7-19(16(15)2)30-14-18-12-17(9-10-20(18)29-3)13-21-23(28)25(24(31)32-21)11-5-8-22(26)27/h4,6-7,9-10,12-13H,5,8,11,14H2,1-3H3,(H,26,27). The molecule has 1 fully saturated rings. The second-order valence-electron chi connectivity index (χ2n) is 7.39. The van der Waals surface area contributed by atoms with Crippen LogP contribution in [0.1, 0.15) is 35.1 Å². The molecule has 0 aromatic heterocycles. The van der Waals surface area contributed by atoms with E-state index in [1.165, 1.54) is 16.7 Å². The van der Waals surface area contributed by atoms with E-state index < -0.39 is 5.97 Å². The van der Waals surface area contributed by atoms with Gasteiger partial charge in [0.25, 0.3) is 5.91 Å². The van der Waals surface area contributed by atoms with Gasteiger partial charge >= 0.3 is 5.97 Å². The van der Waals surface area contributed by atoms with Gasteiger partial charge in [-0.3, -0.25) is 14.5 Å². The van der Waals surface area contributed by atoms with E-state index in [-0.39, 0.29) is 12.3 Å². The fourth-order valence-electron chi connectivity index (χ4n) is 3.27. The number of rotatable bonds is 9. The normalized spacial score (nSPS) is 14.8. The van der Waals surface area contributed by atoms with Crippen LogP contribution in [0.25, 0.3) is 6.08 Å². The lowest BCUT2D eigenvalue weighted by Gasteiger charge is -2.14. The van der Waals surface area contributed by atoms with Crippen molar-refractivity contribution in [3.8, 4) is 11.5 Å². The second-order valence-corrected chi connectivity index (χ2v) is 9.06. The predicted octanol–water partition coefficient (Wildman–Crippen LogP) is 4.96. The van der Waals surface area contributed by atoms with Gasteiger partial charge in [0.2, 0.25) is 0 Å². The number of nitrogens with zero attached hydrogens (tertiary/aromatic N) is 1. The number of thiocarbonyl (C=S) groups is 1. The number of carbonyl (C=O) groups is 2. The maximum absolute atomic E-state index is 12.7. The van der Waals surface area contributed by atoms with Crippen molar-refractivity contribution < 1.29 is 24.2 Å². The SMILES string of the molecule is COc1ccc(C=C2SC(=S)N(CCCC(=O)O)C2=O)cc1COc1cccc(C)c1C. The number of amides is 1. The Morgan fingerprint density at radius 2 is 2.00 bits per heavy atom. The Bertz CT molecular complexity index is 1080. The number of hydrogen-bond acceptors (Lipinski definition) is 6. The Hall–Kier alpha value is -2.84. The van der Waals surface area contributed by atoms with Crippen molar-refractivity contribution in [2.24, 2.45) is 0 Å². The summed E-state index contributed by atoms with van der Waals surface area (Å²) in [7, 11) is 1.61. The number of carboxylic acids is 1. The van der Waals surface area contributed by atoms with Crippen LogP contribution in [0.5, 0.6) is 11.5 Å². The van der Waals surface area contributed by atoms with Gasteiger partial charge in [-0.1, -0.05) is 42.2 Å². The molecular weight excluding hydrogens is 446 g/mol. The molecule has 0 aliphatic carbocycles. The number of thioether (sulfide) groups is 1. The van der Waals surface area contributed by atoms with E-state index in [9.17, 15) is 9.59 Å². The summed E-state index contributed by atoms with van der Waals surface area (Å²) in [6, 6.07) is 11.6. The molecule has 0 bridgehead atoms. The fraction of sp³-hybridized carbons (Fsp3) is 0.292. The topological polar surface area (TPSA) is 76.1 Å². The molecule has 0 radical (unpaired) electrons. The molecule has 3 rings (SSSR count). The number of methoxy groups -OCH3 is 1. The lowest BCUT2D eigenvalue weighted by molar-refractivity contribution is -0.137. The summed E-state index contributed by atoms with van der Waals surface area (Å²) >= 11 is 6.54. The number of ether oxygens (including phenoxy) is 2. The zero-order valence-electron chi connectivity index (χ0n) is 18.2. The Balaban J connectivity index is 1.76. The fourth-order valence-corrected chi connectivity index (χ4v) is 4.58. The third-order valence-electron chi connectivity index (χ3n) is 5.19. The largest absolute Gasteiger partial charge is 0.496 e. The van der Waals surface area contributed by atoms with Crippen molar-refractivity contribution in [3.05, 3.63) is 63.6 Å². The molecule has 0 saturated carbocycles. The third kappa shape index (κ3) is 5.69. The molecule has 1 heterocycles. The van der Waals surface area contributed by atoms with Crippen molar-refractivity contribution in [1.29, 1.82) is 0 Å². The molecule has 1 amide bonds. The highest BCUT2D eigenvalue weighted by Crippen LogP contribution is 2.33. The highest BCUT2D eigenvalue weighted by Gasteiger charge is 2.31. The summed E-state index contributed by atoms with van der Waals surface area (Å²) in [5, 5.41) is 8.81. The minimum atomic E-state index is -0.889. The van der Waals surface area contributed by atoms with Crippen molar-refractivity contribution >= 4 is 46.3 Å². The number of aliphatic carboxylic acids is 1. The molecule has 0 unspecified atom stereocenters. The highest BCUT2D eigenvalue weighted by atomic mass is 32.2. The van der Waals surface area contributed by atoms with Crippen LogP contribution in [0.15, 0.2) is 41.3 Å². The molecule has 2 aromatic rings. The van der Waals surface area contributed by atoms with E-state index in [0.29, 0.717) is 34.5 Å². The first-order valence-electron chi connectivity index (χ1n) is 10.1. The lowest BCUT2D eigenvalue weighted by Crippen LogP contribution is -2.29. The number of hydrogen-bond donors (Lipinski definition) is 1. The van der Waals surface area contributed by atoms with Gasteiger partial charge in [-0.05, 0) is 61.2 Å². The number of carboxylic acid groups (broad SMARTS) is 1. The summed E-state index contributed by atoms with van der Waals surface area (Å²) in [6.07, 6.45) is 2.15. The number of carbonyl (C=O) groups excluding carboxylic acids is 1. The second kappa shape index (κ2) is 10.7. The molecule has 0 spiro atoms. The molecule has 0 atom stereocenters. The van der Waals surface area contributed by atoms with Crippen LogP contribution in [0.2, 0.25) is 0 Å². The van der Waals surface area contributed by atoms with E-state index in [1.54, 1.807) is 13.2 Å². The Morgan fingerprint density at radius 1 is 1.22 bits per heavy atom. The van der Waals surface area contributed by atoms with Gasteiger partial charge in [0.15, 0.2) is 0 Å². The Labute approximate surface area is 197 Å². The molecule has 32 heavy (non-hydrogen) atoms. The van der Waals surface area contributed by atoms with Crippen LogP contribution in [-0.4, -0.2) is 39.9 Å². The van der Waals surface area contributed by atoms with Gasteiger partial charge in [0.05, 0.1) is 12.0 Å². The van der Waals surface area contributed by atoms with E-state index in [2.05, 4.69) is 0 Å². The first-order valence-corrected chi connectivity index (χ1v) is 11.4. The molecule has 6 nitrogen and oxygen atoms in total. The molecule has 1 aliphatic rings.